The van der Waals surface area contributed by atoms with E-state index in [1.165, 1.54) is 12.3 Å². The van der Waals surface area contributed by atoms with Gasteiger partial charge in [0, 0.05) is 6.20 Å². The van der Waals surface area contributed by atoms with Gasteiger partial charge in [0.15, 0.2) is 0 Å². The number of carboxylic acids is 1. The summed E-state index contributed by atoms with van der Waals surface area (Å²) in [7, 11) is 0. The van der Waals surface area contributed by atoms with Crippen LogP contribution in [0.4, 0.5) is 0 Å². The van der Waals surface area contributed by atoms with Crippen molar-refractivity contribution in [1.29, 1.82) is 0 Å². The first-order valence-electron chi connectivity index (χ1n) is 6.09. The molecule has 19 heavy (non-hydrogen) atoms. The number of aromatic nitrogens is 1. The number of aryl methyl sites for hydroxylation is 1. The molecule has 0 unspecified atom stereocenters. The number of para-hydroxylation sites is 1. The van der Waals surface area contributed by atoms with Crippen LogP contribution in [0.2, 0.25) is 0 Å². The molecule has 1 heterocycles. The van der Waals surface area contributed by atoms with Crippen molar-refractivity contribution in [2.75, 3.05) is 0 Å². The summed E-state index contributed by atoms with van der Waals surface area (Å²) in [5, 5.41) is 8.87. The Kier molecular flexibility index (Phi) is 4.13. The Hall–Kier alpha value is -2.36. The van der Waals surface area contributed by atoms with Gasteiger partial charge in [0.25, 0.3) is 0 Å². The van der Waals surface area contributed by atoms with Gasteiger partial charge >= 0.3 is 5.97 Å². The topological polar surface area (TPSA) is 59.4 Å². The Bertz CT molecular complexity index is 581. The lowest BCUT2D eigenvalue weighted by Gasteiger charge is -2.10. The Labute approximate surface area is 111 Å². The number of ether oxygens (including phenoxy) is 1. The quantitative estimate of drug-likeness (QED) is 0.894. The fraction of sp³-hybridized carbons (Fsp3) is 0.200. The summed E-state index contributed by atoms with van der Waals surface area (Å²) in [5.74, 6) is -0.200. The molecule has 4 nitrogen and oxygen atoms in total. The highest BCUT2D eigenvalue weighted by molar-refractivity contribution is 5.85. The van der Waals surface area contributed by atoms with Gasteiger partial charge in [-0.1, -0.05) is 25.1 Å². The highest BCUT2D eigenvalue weighted by Crippen LogP contribution is 2.19. The maximum atomic E-state index is 10.8. The van der Waals surface area contributed by atoms with Crippen molar-refractivity contribution < 1.29 is 14.6 Å². The Morgan fingerprint density at radius 3 is 2.84 bits per heavy atom. The minimum absolute atomic E-state index is 0.0323. The standard InChI is InChI=1S/C15H15NO3/c1-2-12-5-3-4-6-14(12)19-10-11-7-8-16-13(9-11)15(17)18/h3-9H,2,10H2,1H3,(H,17,18). The van der Waals surface area contributed by atoms with Gasteiger partial charge in [0.2, 0.25) is 0 Å². The van der Waals surface area contributed by atoms with E-state index in [9.17, 15) is 4.79 Å². The predicted molar refractivity (Wildman–Crippen MR) is 71.3 cm³/mol. The lowest BCUT2D eigenvalue weighted by molar-refractivity contribution is 0.0690. The second-order valence-corrected chi connectivity index (χ2v) is 4.10. The smallest absolute Gasteiger partial charge is 0.354 e. The number of carboxylic acid groups (broad SMARTS) is 1. The van der Waals surface area contributed by atoms with E-state index < -0.39 is 5.97 Å². The van der Waals surface area contributed by atoms with Crippen LogP contribution in [0.5, 0.6) is 5.75 Å². The molecule has 0 aliphatic rings. The van der Waals surface area contributed by atoms with Gasteiger partial charge in [-0.25, -0.2) is 9.78 Å². The number of rotatable bonds is 5. The molecule has 0 bridgehead atoms. The first-order chi connectivity index (χ1) is 9.20. The van der Waals surface area contributed by atoms with Crippen LogP contribution in [0.3, 0.4) is 0 Å². The SMILES string of the molecule is CCc1ccccc1OCc1ccnc(C(=O)O)c1. The van der Waals surface area contributed by atoms with Crippen molar-refractivity contribution in [3.63, 3.8) is 0 Å². The van der Waals surface area contributed by atoms with Gasteiger partial charge < -0.3 is 9.84 Å². The van der Waals surface area contributed by atoms with Crippen molar-refractivity contribution >= 4 is 5.97 Å². The van der Waals surface area contributed by atoms with Crippen molar-refractivity contribution in [2.45, 2.75) is 20.0 Å². The van der Waals surface area contributed by atoms with Crippen LogP contribution in [0, 0.1) is 0 Å². The molecule has 98 valence electrons. The second-order valence-electron chi connectivity index (χ2n) is 4.10. The third kappa shape index (κ3) is 3.31. The molecular formula is C15H15NO3. The first-order valence-corrected chi connectivity index (χ1v) is 6.09. The lowest BCUT2D eigenvalue weighted by atomic mass is 10.1. The molecule has 4 heteroatoms. The summed E-state index contributed by atoms with van der Waals surface area (Å²) >= 11 is 0. The van der Waals surface area contributed by atoms with Crippen molar-refractivity contribution in [3.8, 4) is 5.75 Å². The highest BCUT2D eigenvalue weighted by Gasteiger charge is 2.06. The van der Waals surface area contributed by atoms with Gasteiger partial charge in [-0.2, -0.15) is 0 Å². The van der Waals surface area contributed by atoms with Crippen LogP contribution >= 0.6 is 0 Å². The van der Waals surface area contributed by atoms with Crippen LogP contribution in [-0.2, 0) is 13.0 Å². The van der Waals surface area contributed by atoms with E-state index in [1.807, 2.05) is 24.3 Å². The van der Waals surface area contributed by atoms with E-state index in [4.69, 9.17) is 9.84 Å². The van der Waals surface area contributed by atoms with E-state index in [2.05, 4.69) is 11.9 Å². The van der Waals surface area contributed by atoms with E-state index in [0.717, 1.165) is 23.3 Å². The summed E-state index contributed by atoms with van der Waals surface area (Å²) in [6.45, 7) is 2.40. The Morgan fingerprint density at radius 1 is 1.32 bits per heavy atom. The maximum Gasteiger partial charge on any atom is 0.354 e. The highest BCUT2D eigenvalue weighted by atomic mass is 16.5. The first kappa shape index (κ1) is 13.1. The van der Waals surface area contributed by atoms with Crippen LogP contribution < -0.4 is 4.74 Å². The van der Waals surface area contributed by atoms with Crippen molar-refractivity contribution in [2.24, 2.45) is 0 Å². The average Bonchev–Trinajstić information content (AvgIpc) is 2.45. The molecule has 0 spiro atoms. The Balaban J connectivity index is 2.10. The number of aromatic carboxylic acids is 1. The summed E-state index contributed by atoms with van der Waals surface area (Å²) < 4.78 is 5.73. The molecule has 0 fully saturated rings. The molecule has 1 N–H and O–H groups in total. The van der Waals surface area contributed by atoms with Gasteiger partial charge in [-0.3, -0.25) is 0 Å². The van der Waals surface area contributed by atoms with Crippen LogP contribution in [0.1, 0.15) is 28.5 Å². The molecule has 2 aromatic rings. The molecule has 0 saturated carbocycles. The summed E-state index contributed by atoms with van der Waals surface area (Å²) in [6, 6.07) is 11.1. The molecule has 0 aliphatic carbocycles. The van der Waals surface area contributed by atoms with E-state index in [-0.39, 0.29) is 5.69 Å². The lowest BCUT2D eigenvalue weighted by Crippen LogP contribution is -2.03. The number of hydrogen-bond acceptors (Lipinski definition) is 3. The monoisotopic (exact) mass is 257 g/mol. The average molecular weight is 257 g/mol. The molecule has 0 atom stereocenters. The minimum Gasteiger partial charge on any atom is -0.489 e. The number of benzene rings is 1. The fourth-order valence-corrected chi connectivity index (χ4v) is 1.78. The van der Waals surface area contributed by atoms with Gasteiger partial charge in [-0.15, -0.1) is 0 Å². The summed E-state index contributed by atoms with van der Waals surface area (Å²) in [5.41, 5.74) is 1.96. The maximum absolute atomic E-state index is 10.8. The van der Waals surface area contributed by atoms with E-state index >= 15 is 0 Å². The molecule has 0 radical (unpaired) electrons. The third-order valence-electron chi connectivity index (χ3n) is 2.79. The molecule has 0 aliphatic heterocycles. The number of pyridine rings is 1. The van der Waals surface area contributed by atoms with Gasteiger partial charge in [-0.05, 0) is 35.7 Å². The van der Waals surface area contributed by atoms with Crippen molar-refractivity contribution in [1.82, 2.24) is 4.98 Å². The minimum atomic E-state index is -1.03. The Morgan fingerprint density at radius 2 is 2.11 bits per heavy atom. The summed E-state index contributed by atoms with van der Waals surface area (Å²) in [4.78, 5) is 14.6. The number of nitrogens with zero attached hydrogens (tertiary/aromatic N) is 1. The molecule has 0 saturated heterocycles. The van der Waals surface area contributed by atoms with Crippen LogP contribution in [0.15, 0.2) is 42.6 Å². The molecule has 2 rings (SSSR count). The predicted octanol–water partition coefficient (Wildman–Crippen LogP) is 2.92. The largest absolute Gasteiger partial charge is 0.489 e. The van der Waals surface area contributed by atoms with Crippen LogP contribution in [-0.4, -0.2) is 16.1 Å². The summed E-state index contributed by atoms with van der Waals surface area (Å²) in [6.07, 6.45) is 2.38. The zero-order valence-electron chi connectivity index (χ0n) is 10.7. The normalized spacial score (nSPS) is 10.2. The van der Waals surface area contributed by atoms with Gasteiger partial charge in [0.05, 0.1) is 0 Å². The van der Waals surface area contributed by atoms with Crippen LogP contribution in [0.25, 0.3) is 0 Å². The molecule has 1 aromatic carbocycles. The third-order valence-corrected chi connectivity index (χ3v) is 2.79. The molecule has 0 amide bonds. The molecular weight excluding hydrogens is 242 g/mol. The van der Waals surface area contributed by atoms with E-state index in [0.29, 0.717) is 6.61 Å². The van der Waals surface area contributed by atoms with Crippen molar-refractivity contribution in [3.05, 3.63) is 59.4 Å². The fourth-order valence-electron chi connectivity index (χ4n) is 1.78. The zero-order chi connectivity index (χ0) is 13.7. The van der Waals surface area contributed by atoms with E-state index in [1.54, 1.807) is 6.07 Å². The number of carbonyl (C=O) groups is 1. The number of hydrogen-bond donors (Lipinski definition) is 1. The molecule has 1 aromatic heterocycles. The van der Waals surface area contributed by atoms with Gasteiger partial charge in [0.1, 0.15) is 18.1 Å². The second kappa shape index (κ2) is 6.00. The zero-order valence-corrected chi connectivity index (χ0v) is 10.7.